The molecule has 3 N–H and O–H groups in total. The normalized spacial score (nSPS) is 11.6. The van der Waals surface area contributed by atoms with E-state index in [-0.39, 0.29) is 30.2 Å². The number of halogens is 3. The molecule has 4 nitrogen and oxygen atoms in total. The van der Waals surface area contributed by atoms with Gasteiger partial charge in [-0.1, -0.05) is 6.92 Å². The summed E-state index contributed by atoms with van der Waals surface area (Å²) in [6.07, 6.45) is 0.431. The highest BCUT2D eigenvalue weighted by molar-refractivity contribution is 7.09. The molecule has 120 valence electrons. The van der Waals surface area contributed by atoms with Crippen LogP contribution in [-0.2, 0) is 6.54 Å². The first-order chi connectivity index (χ1) is 10.0. The number of benzene rings is 1. The summed E-state index contributed by atoms with van der Waals surface area (Å²) >= 11 is 1.28. The van der Waals surface area contributed by atoms with E-state index in [0.29, 0.717) is 11.4 Å². The number of nitrogens with zero attached hydrogens (tertiary/aromatic N) is 1. The van der Waals surface area contributed by atoms with Crippen molar-refractivity contribution in [2.75, 3.05) is 0 Å². The molecule has 1 unspecified atom stereocenters. The van der Waals surface area contributed by atoms with Crippen LogP contribution in [0.3, 0.4) is 0 Å². The van der Waals surface area contributed by atoms with Gasteiger partial charge in [0.25, 0.3) is 5.91 Å². The van der Waals surface area contributed by atoms with Crippen molar-refractivity contribution in [2.45, 2.75) is 25.9 Å². The van der Waals surface area contributed by atoms with Crippen LogP contribution in [0.1, 0.15) is 40.4 Å². The third-order valence-corrected chi connectivity index (χ3v) is 3.88. The average molecular weight is 348 g/mol. The van der Waals surface area contributed by atoms with E-state index in [1.165, 1.54) is 11.3 Å². The van der Waals surface area contributed by atoms with Crippen molar-refractivity contribution in [1.82, 2.24) is 10.3 Å². The molecule has 1 atom stereocenters. The number of nitrogens with one attached hydrogen (secondary N) is 1. The van der Waals surface area contributed by atoms with Crippen LogP contribution in [0.4, 0.5) is 8.78 Å². The van der Waals surface area contributed by atoms with Crippen molar-refractivity contribution >= 4 is 29.7 Å². The average Bonchev–Trinajstić information content (AvgIpc) is 2.96. The molecule has 8 heteroatoms. The molecule has 1 amide bonds. The summed E-state index contributed by atoms with van der Waals surface area (Å²) in [5.74, 6) is -1.52. The zero-order chi connectivity index (χ0) is 15.4. The quantitative estimate of drug-likeness (QED) is 0.872. The molecule has 0 saturated carbocycles. The highest BCUT2D eigenvalue weighted by Crippen LogP contribution is 2.22. The van der Waals surface area contributed by atoms with Gasteiger partial charge in [-0.05, 0) is 24.6 Å². The van der Waals surface area contributed by atoms with Gasteiger partial charge in [0, 0.05) is 17.5 Å². The Bertz CT molecular complexity index is 651. The predicted octanol–water partition coefficient (Wildman–Crippen LogP) is 3.18. The largest absolute Gasteiger partial charge is 0.344 e. The van der Waals surface area contributed by atoms with E-state index in [1.807, 2.05) is 0 Å². The van der Waals surface area contributed by atoms with E-state index in [0.717, 1.165) is 18.2 Å². The maximum Gasteiger partial charge on any atom is 0.271 e. The maximum absolute atomic E-state index is 13.8. The molecule has 2 aromatic rings. The lowest BCUT2D eigenvalue weighted by Crippen LogP contribution is -2.29. The van der Waals surface area contributed by atoms with Crippen molar-refractivity contribution in [2.24, 2.45) is 5.73 Å². The zero-order valence-electron chi connectivity index (χ0n) is 11.8. The summed E-state index contributed by atoms with van der Waals surface area (Å²) in [5, 5.41) is 4.90. The Morgan fingerprint density at radius 3 is 2.77 bits per heavy atom. The Kier molecular flexibility index (Phi) is 6.86. The van der Waals surface area contributed by atoms with Crippen LogP contribution in [0.2, 0.25) is 0 Å². The number of carbonyl (C=O) groups excluding carboxylic acids is 1. The number of thiazole rings is 1. The van der Waals surface area contributed by atoms with Crippen molar-refractivity contribution in [3.63, 3.8) is 0 Å². The van der Waals surface area contributed by atoms with Gasteiger partial charge in [0.05, 0.1) is 6.04 Å². The minimum absolute atomic E-state index is 0. The molecule has 22 heavy (non-hydrogen) atoms. The number of amides is 1. The molecule has 0 saturated heterocycles. The van der Waals surface area contributed by atoms with Crippen LogP contribution in [0.15, 0.2) is 23.6 Å². The SMILES string of the molecule is CCC(NC(=O)c1csc(CN)n1)c1cc(F)ccc1F.Cl. The van der Waals surface area contributed by atoms with Crippen molar-refractivity contribution in [3.8, 4) is 0 Å². The summed E-state index contributed by atoms with van der Waals surface area (Å²) in [4.78, 5) is 16.2. The fourth-order valence-electron chi connectivity index (χ4n) is 1.92. The standard InChI is InChI=1S/C14H15F2N3OS.ClH/c1-2-11(9-5-8(15)3-4-10(9)16)19-14(20)12-7-21-13(6-17)18-12;/h3-5,7,11H,2,6,17H2,1H3,(H,19,20);1H. The molecule has 1 aromatic heterocycles. The van der Waals surface area contributed by atoms with Crippen LogP contribution in [0, 0.1) is 11.6 Å². The first-order valence-corrected chi connectivity index (χ1v) is 7.33. The fourth-order valence-corrected chi connectivity index (χ4v) is 2.58. The highest BCUT2D eigenvalue weighted by Gasteiger charge is 2.19. The molecular weight excluding hydrogens is 332 g/mol. The second-order valence-corrected chi connectivity index (χ2v) is 5.37. The number of carbonyl (C=O) groups is 1. The Morgan fingerprint density at radius 2 is 2.18 bits per heavy atom. The number of hydrogen-bond donors (Lipinski definition) is 2. The molecule has 1 aromatic carbocycles. The number of nitrogens with two attached hydrogens (primary N) is 1. The number of aromatic nitrogens is 1. The third kappa shape index (κ3) is 4.22. The molecule has 0 radical (unpaired) electrons. The van der Waals surface area contributed by atoms with Crippen LogP contribution >= 0.6 is 23.7 Å². The molecule has 0 spiro atoms. The van der Waals surface area contributed by atoms with Gasteiger partial charge < -0.3 is 11.1 Å². The minimum Gasteiger partial charge on any atom is -0.344 e. The molecule has 0 fully saturated rings. The van der Waals surface area contributed by atoms with Gasteiger partial charge in [-0.15, -0.1) is 23.7 Å². The monoisotopic (exact) mass is 347 g/mol. The lowest BCUT2D eigenvalue weighted by atomic mass is 10.0. The summed E-state index contributed by atoms with van der Waals surface area (Å²) in [5.41, 5.74) is 5.80. The van der Waals surface area contributed by atoms with Crippen molar-refractivity contribution in [1.29, 1.82) is 0 Å². The van der Waals surface area contributed by atoms with Crippen LogP contribution < -0.4 is 11.1 Å². The Labute approximate surface area is 137 Å². The van der Waals surface area contributed by atoms with Gasteiger partial charge in [-0.25, -0.2) is 13.8 Å². The van der Waals surface area contributed by atoms with E-state index in [1.54, 1.807) is 12.3 Å². The van der Waals surface area contributed by atoms with Crippen molar-refractivity contribution in [3.05, 3.63) is 51.5 Å². The van der Waals surface area contributed by atoms with Gasteiger partial charge in [-0.2, -0.15) is 0 Å². The number of rotatable bonds is 5. The van der Waals surface area contributed by atoms with Gasteiger partial charge in [0.2, 0.25) is 0 Å². The van der Waals surface area contributed by atoms with Gasteiger partial charge in [0.15, 0.2) is 0 Å². The summed E-state index contributed by atoms with van der Waals surface area (Å²) < 4.78 is 27.0. The maximum atomic E-state index is 13.8. The van der Waals surface area contributed by atoms with E-state index >= 15 is 0 Å². The predicted molar refractivity (Wildman–Crippen MR) is 84.1 cm³/mol. The Balaban J connectivity index is 0.00000242. The molecule has 2 rings (SSSR count). The van der Waals surface area contributed by atoms with Crippen LogP contribution in [0.25, 0.3) is 0 Å². The molecule has 1 heterocycles. The molecule has 0 aliphatic rings. The van der Waals surface area contributed by atoms with E-state index in [9.17, 15) is 13.6 Å². The number of hydrogen-bond acceptors (Lipinski definition) is 4. The topological polar surface area (TPSA) is 68.0 Å². The van der Waals surface area contributed by atoms with Crippen LogP contribution in [0.5, 0.6) is 0 Å². The Hall–Kier alpha value is -1.57. The zero-order valence-corrected chi connectivity index (χ0v) is 13.4. The molecular formula is C14H16ClF2N3OS. The smallest absolute Gasteiger partial charge is 0.271 e. The second kappa shape index (κ2) is 8.17. The molecule has 0 aliphatic carbocycles. The first kappa shape index (κ1) is 18.5. The van der Waals surface area contributed by atoms with Crippen molar-refractivity contribution < 1.29 is 13.6 Å². The molecule has 0 bridgehead atoms. The lowest BCUT2D eigenvalue weighted by Gasteiger charge is -2.17. The van der Waals surface area contributed by atoms with E-state index < -0.39 is 23.6 Å². The Morgan fingerprint density at radius 1 is 1.45 bits per heavy atom. The third-order valence-electron chi connectivity index (χ3n) is 3.01. The van der Waals surface area contributed by atoms with E-state index in [4.69, 9.17) is 5.73 Å². The molecule has 0 aliphatic heterocycles. The fraction of sp³-hybridized carbons (Fsp3) is 0.286. The first-order valence-electron chi connectivity index (χ1n) is 6.45. The lowest BCUT2D eigenvalue weighted by molar-refractivity contribution is 0.0930. The summed E-state index contributed by atoms with van der Waals surface area (Å²) in [6.45, 7) is 2.04. The summed E-state index contributed by atoms with van der Waals surface area (Å²) in [7, 11) is 0. The second-order valence-electron chi connectivity index (χ2n) is 4.43. The van der Waals surface area contributed by atoms with Gasteiger partial charge in [0.1, 0.15) is 22.3 Å². The minimum atomic E-state index is -0.615. The van der Waals surface area contributed by atoms with E-state index in [2.05, 4.69) is 10.3 Å². The van der Waals surface area contributed by atoms with Gasteiger partial charge in [-0.3, -0.25) is 4.79 Å². The van der Waals surface area contributed by atoms with Crippen LogP contribution in [-0.4, -0.2) is 10.9 Å². The highest BCUT2D eigenvalue weighted by atomic mass is 35.5. The summed E-state index contributed by atoms with van der Waals surface area (Å²) in [6, 6.07) is 2.57. The van der Waals surface area contributed by atoms with Gasteiger partial charge >= 0.3 is 0 Å².